The number of halogens is 1. The fourth-order valence-corrected chi connectivity index (χ4v) is 4.24. The molecule has 1 N–H and O–H groups in total. The minimum Gasteiger partial charge on any atom is -0.300 e. The van der Waals surface area contributed by atoms with Gasteiger partial charge in [-0.3, -0.25) is 9.20 Å². The third-order valence-electron chi connectivity index (χ3n) is 3.73. The summed E-state index contributed by atoms with van der Waals surface area (Å²) in [4.78, 5) is 22.4. The van der Waals surface area contributed by atoms with E-state index in [1.165, 1.54) is 12.1 Å². The number of aromatic nitrogens is 2. The molecule has 2 aromatic heterocycles. The molecule has 4 rings (SSSR count). The van der Waals surface area contributed by atoms with Gasteiger partial charge in [0.2, 0.25) is 0 Å². The summed E-state index contributed by atoms with van der Waals surface area (Å²) >= 11 is 2.64. The fraction of sp³-hybridized carbons (Fsp3) is 0.118. The number of fused-ring (bicyclic) bond motifs is 1. The van der Waals surface area contributed by atoms with E-state index in [4.69, 9.17) is 0 Å². The van der Waals surface area contributed by atoms with Gasteiger partial charge >= 0.3 is 0 Å². The molecule has 1 aliphatic rings. The Morgan fingerprint density at radius 3 is 3.00 bits per heavy atom. The number of carbonyl (C=O) groups excluding carboxylic acids is 1. The highest BCUT2D eigenvalue weighted by molar-refractivity contribution is 8.18. The number of carbonyl (C=O) groups is 1. The molecule has 3 aromatic rings. The number of nitrogens with one attached hydrogen (secondary N) is 1. The number of amides is 1. The van der Waals surface area contributed by atoms with Crippen molar-refractivity contribution in [3.8, 4) is 0 Å². The van der Waals surface area contributed by atoms with Crippen molar-refractivity contribution in [1.82, 2.24) is 14.7 Å². The molecule has 1 amide bonds. The number of imidazole rings is 1. The Bertz CT molecular complexity index is 1060. The van der Waals surface area contributed by atoms with Gasteiger partial charge in [0.25, 0.3) is 5.24 Å². The standard InChI is InChI=1S/C17H13FN4OS2/c1-9-8-24-16-19-10(2)13(22(9)16)7-14-15(21-17(23)25-14)20-12-5-3-4-11(18)6-12/h3-8H,1-2H3,(H,20,21,23)/b14-7-. The van der Waals surface area contributed by atoms with E-state index >= 15 is 0 Å². The van der Waals surface area contributed by atoms with E-state index in [9.17, 15) is 9.18 Å². The van der Waals surface area contributed by atoms with Crippen LogP contribution in [0.3, 0.4) is 0 Å². The zero-order valence-corrected chi connectivity index (χ0v) is 15.0. The van der Waals surface area contributed by atoms with Crippen molar-refractivity contribution in [2.24, 2.45) is 4.99 Å². The van der Waals surface area contributed by atoms with Crippen LogP contribution in [0.2, 0.25) is 0 Å². The second-order valence-corrected chi connectivity index (χ2v) is 7.39. The Morgan fingerprint density at radius 1 is 1.36 bits per heavy atom. The predicted octanol–water partition coefficient (Wildman–Crippen LogP) is 4.68. The molecule has 0 unspecified atom stereocenters. The normalized spacial score (nSPS) is 17.8. The molecular formula is C17H13FN4OS2. The molecule has 1 fully saturated rings. The average molecular weight is 372 g/mol. The van der Waals surface area contributed by atoms with Gasteiger partial charge in [-0.1, -0.05) is 6.07 Å². The third-order valence-corrected chi connectivity index (χ3v) is 5.49. The lowest BCUT2D eigenvalue weighted by Crippen LogP contribution is -2.18. The maximum atomic E-state index is 13.4. The summed E-state index contributed by atoms with van der Waals surface area (Å²) in [6, 6.07) is 5.95. The smallest absolute Gasteiger partial charge is 0.289 e. The summed E-state index contributed by atoms with van der Waals surface area (Å²) in [7, 11) is 0. The van der Waals surface area contributed by atoms with Gasteiger partial charge < -0.3 is 5.32 Å². The number of hydrogen-bond acceptors (Lipinski definition) is 5. The van der Waals surface area contributed by atoms with E-state index in [0.717, 1.165) is 33.8 Å². The zero-order chi connectivity index (χ0) is 17.6. The van der Waals surface area contributed by atoms with Crippen molar-refractivity contribution in [2.45, 2.75) is 13.8 Å². The van der Waals surface area contributed by atoms with E-state index in [1.807, 2.05) is 25.3 Å². The van der Waals surface area contributed by atoms with Gasteiger partial charge in [-0.2, -0.15) is 0 Å². The first kappa shape index (κ1) is 16.0. The van der Waals surface area contributed by atoms with Crippen molar-refractivity contribution >= 4 is 50.9 Å². The van der Waals surface area contributed by atoms with Crippen LogP contribution in [0.15, 0.2) is 39.5 Å². The average Bonchev–Trinajstić information content (AvgIpc) is 3.17. The van der Waals surface area contributed by atoms with Crippen molar-refractivity contribution in [3.05, 3.63) is 57.4 Å². The largest absolute Gasteiger partial charge is 0.300 e. The number of thiazole rings is 1. The highest BCUT2D eigenvalue weighted by Gasteiger charge is 2.25. The molecule has 0 atom stereocenters. The summed E-state index contributed by atoms with van der Waals surface area (Å²) in [5.41, 5.74) is 3.33. The molecular weight excluding hydrogens is 359 g/mol. The number of thioether (sulfide) groups is 1. The first-order valence-electron chi connectivity index (χ1n) is 7.49. The molecule has 5 nitrogen and oxygen atoms in total. The number of benzene rings is 1. The van der Waals surface area contributed by atoms with Crippen molar-refractivity contribution < 1.29 is 9.18 Å². The number of amidine groups is 1. The molecule has 0 bridgehead atoms. The highest BCUT2D eigenvalue weighted by Crippen LogP contribution is 2.30. The van der Waals surface area contributed by atoms with Gasteiger partial charge in [-0.15, -0.1) is 11.3 Å². The van der Waals surface area contributed by atoms with E-state index in [-0.39, 0.29) is 11.1 Å². The van der Waals surface area contributed by atoms with Gasteiger partial charge in [-0.25, -0.2) is 14.4 Å². The topological polar surface area (TPSA) is 58.8 Å². The van der Waals surface area contributed by atoms with Gasteiger partial charge in [0.15, 0.2) is 4.96 Å². The van der Waals surface area contributed by atoms with E-state index < -0.39 is 0 Å². The predicted molar refractivity (Wildman–Crippen MR) is 100 cm³/mol. The molecule has 25 heavy (non-hydrogen) atoms. The van der Waals surface area contributed by atoms with E-state index in [2.05, 4.69) is 19.7 Å². The van der Waals surface area contributed by atoms with Crippen LogP contribution in [0.25, 0.3) is 11.0 Å². The van der Waals surface area contributed by atoms with Crippen LogP contribution in [-0.2, 0) is 0 Å². The Hall–Kier alpha value is -2.45. The minimum absolute atomic E-state index is 0.207. The molecule has 0 saturated carbocycles. The van der Waals surface area contributed by atoms with Crippen LogP contribution < -0.4 is 5.32 Å². The number of aliphatic imine (C=N–C) groups is 1. The Balaban J connectivity index is 1.81. The Morgan fingerprint density at radius 2 is 2.20 bits per heavy atom. The first-order valence-corrected chi connectivity index (χ1v) is 9.19. The minimum atomic E-state index is -0.369. The SMILES string of the molecule is Cc1nc2scc(C)n2c1/C=C1\SC(=O)NC1=Nc1cccc(F)c1. The maximum Gasteiger partial charge on any atom is 0.289 e. The van der Waals surface area contributed by atoms with E-state index in [0.29, 0.717) is 16.4 Å². The van der Waals surface area contributed by atoms with Gasteiger partial charge in [0, 0.05) is 11.1 Å². The monoisotopic (exact) mass is 372 g/mol. The summed E-state index contributed by atoms with van der Waals surface area (Å²) in [6.07, 6.45) is 1.90. The molecule has 8 heteroatoms. The summed E-state index contributed by atoms with van der Waals surface area (Å²) in [6.45, 7) is 3.95. The Kier molecular flexibility index (Phi) is 3.93. The quantitative estimate of drug-likeness (QED) is 0.711. The van der Waals surface area contributed by atoms with Crippen LogP contribution in [0.1, 0.15) is 17.1 Å². The van der Waals surface area contributed by atoms with Gasteiger partial charge in [0.05, 0.1) is 22.0 Å². The van der Waals surface area contributed by atoms with Crippen molar-refractivity contribution in [2.75, 3.05) is 0 Å². The maximum absolute atomic E-state index is 13.4. The van der Waals surface area contributed by atoms with Crippen molar-refractivity contribution in [3.63, 3.8) is 0 Å². The molecule has 1 aromatic carbocycles. The summed E-state index contributed by atoms with van der Waals surface area (Å²) in [5, 5.41) is 4.55. The molecule has 126 valence electrons. The first-order chi connectivity index (χ1) is 12.0. The molecule has 0 aliphatic carbocycles. The fourth-order valence-electron chi connectivity index (χ4n) is 2.61. The van der Waals surface area contributed by atoms with Crippen molar-refractivity contribution in [1.29, 1.82) is 0 Å². The molecule has 3 heterocycles. The van der Waals surface area contributed by atoms with E-state index in [1.54, 1.807) is 23.5 Å². The second-order valence-electron chi connectivity index (χ2n) is 5.54. The van der Waals surface area contributed by atoms with Gasteiger partial charge in [0.1, 0.15) is 11.7 Å². The highest BCUT2D eigenvalue weighted by atomic mass is 32.2. The molecule has 1 saturated heterocycles. The second kappa shape index (κ2) is 6.12. The van der Waals surface area contributed by atoms with Crippen LogP contribution in [0.5, 0.6) is 0 Å². The zero-order valence-electron chi connectivity index (χ0n) is 13.4. The van der Waals surface area contributed by atoms with Crippen LogP contribution >= 0.6 is 23.1 Å². The molecule has 1 aliphatic heterocycles. The van der Waals surface area contributed by atoms with Crippen LogP contribution in [0, 0.1) is 19.7 Å². The summed E-state index contributed by atoms with van der Waals surface area (Å²) in [5.74, 6) is 0.0504. The molecule has 0 spiro atoms. The van der Waals surface area contributed by atoms with Crippen LogP contribution in [0.4, 0.5) is 14.9 Å². The third kappa shape index (κ3) is 2.98. The Labute approximate surface area is 151 Å². The number of aryl methyl sites for hydroxylation is 2. The number of nitrogens with zero attached hydrogens (tertiary/aromatic N) is 3. The van der Waals surface area contributed by atoms with Gasteiger partial charge in [-0.05, 0) is 49.9 Å². The number of hydrogen-bond donors (Lipinski definition) is 1. The number of rotatable bonds is 2. The lowest BCUT2D eigenvalue weighted by Gasteiger charge is -2.01. The summed E-state index contributed by atoms with van der Waals surface area (Å²) < 4.78 is 15.4. The molecule has 0 radical (unpaired) electrons. The lowest BCUT2D eigenvalue weighted by atomic mass is 10.3. The lowest BCUT2D eigenvalue weighted by molar-refractivity contribution is 0.265. The van der Waals surface area contributed by atoms with Crippen LogP contribution in [-0.4, -0.2) is 20.5 Å².